The van der Waals surface area contributed by atoms with Crippen LogP contribution in [0.1, 0.15) is 23.6 Å². The van der Waals surface area contributed by atoms with Crippen LogP contribution in [0.5, 0.6) is 5.75 Å². The lowest BCUT2D eigenvalue weighted by Gasteiger charge is -2.23. The van der Waals surface area contributed by atoms with Gasteiger partial charge in [0.15, 0.2) is 0 Å². The molecule has 0 spiro atoms. The van der Waals surface area contributed by atoms with Gasteiger partial charge in [0.2, 0.25) is 0 Å². The van der Waals surface area contributed by atoms with Crippen molar-refractivity contribution in [2.45, 2.75) is 32.8 Å². The molecular weight excluding hydrogens is 176 g/mol. The number of aliphatic hydroxyl groups excluding tert-OH is 1. The number of benzene rings is 1. The maximum Gasteiger partial charge on any atom is 0.123 e. The molecule has 1 atom stereocenters. The van der Waals surface area contributed by atoms with Crippen LogP contribution in [0.3, 0.4) is 0 Å². The number of aliphatic hydroxyl groups is 1. The maximum absolute atomic E-state index is 9.46. The second-order valence-electron chi connectivity index (χ2n) is 3.91. The summed E-state index contributed by atoms with van der Waals surface area (Å²) in [5.41, 5.74) is 3.77. The van der Waals surface area contributed by atoms with Gasteiger partial charge >= 0.3 is 0 Å². The lowest BCUT2D eigenvalue weighted by atomic mass is 9.97. The number of aryl methyl sites for hydroxylation is 2. The van der Waals surface area contributed by atoms with Crippen LogP contribution in [-0.2, 0) is 12.8 Å². The largest absolute Gasteiger partial charge is 0.491 e. The molecule has 1 aliphatic heterocycles. The number of ether oxygens (including phenoxy) is 1. The van der Waals surface area contributed by atoms with Gasteiger partial charge in [-0.3, -0.25) is 0 Å². The van der Waals surface area contributed by atoms with Crippen molar-refractivity contribution < 1.29 is 9.84 Å². The summed E-state index contributed by atoms with van der Waals surface area (Å²) < 4.78 is 5.47. The first-order chi connectivity index (χ1) is 6.70. The van der Waals surface area contributed by atoms with Gasteiger partial charge in [0.05, 0.1) is 6.10 Å². The van der Waals surface area contributed by atoms with E-state index in [1.807, 2.05) is 0 Å². The third kappa shape index (κ3) is 1.62. The van der Waals surface area contributed by atoms with Crippen LogP contribution in [0.4, 0.5) is 0 Å². The zero-order valence-electron chi connectivity index (χ0n) is 8.71. The molecule has 0 aromatic heterocycles. The van der Waals surface area contributed by atoms with Gasteiger partial charge in [0, 0.05) is 6.42 Å². The molecule has 1 N–H and O–H groups in total. The van der Waals surface area contributed by atoms with Crippen LogP contribution in [0, 0.1) is 6.92 Å². The van der Waals surface area contributed by atoms with Crippen LogP contribution >= 0.6 is 0 Å². The molecule has 1 aromatic rings. The van der Waals surface area contributed by atoms with Crippen molar-refractivity contribution in [1.29, 1.82) is 0 Å². The lowest BCUT2D eigenvalue weighted by molar-refractivity contribution is 0.0920. The number of fused-ring (bicyclic) bond motifs is 1. The SMILES string of the molecule is CCc1cc2c(cc1C)OCC(O)C2. The highest BCUT2D eigenvalue weighted by Crippen LogP contribution is 2.28. The van der Waals surface area contributed by atoms with Crippen LogP contribution in [0.25, 0.3) is 0 Å². The Hall–Kier alpha value is -1.02. The van der Waals surface area contributed by atoms with E-state index < -0.39 is 0 Å². The van der Waals surface area contributed by atoms with Gasteiger partial charge in [-0.1, -0.05) is 13.0 Å². The van der Waals surface area contributed by atoms with Crippen LogP contribution in [0.2, 0.25) is 0 Å². The molecule has 0 radical (unpaired) electrons. The molecule has 0 saturated heterocycles. The molecular formula is C12H16O2. The molecule has 76 valence electrons. The standard InChI is InChI=1S/C12H16O2/c1-3-9-5-10-6-11(13)7-14-12(10)4-8(9)2/h4-5,11,13H,3,6-7H2,1-2H3. The summed E-state index contributed by atoms with van der Waals surface area (Å²) in [4.78, 5) is 0. The number of rotatable bonds is 1. The highest BCUT2D eigenvalue weighted by Gasteiger charge is 2.18. The van der Waals surface area contributed by atoms with Crippen molar-refractivity contribution in [3.8, 4) is 5.75 Å². The monoisotopic (exact) mass is 192 g/mol. The van der Waals surface area contributed by atoms with Gasteiger partial charge in [-0.2, -0.15) is 0 Å². The summed E-state index contributed by atoms with van der Waals surface area (Å²) in [6.45, 7) is 4.68. The minimum absolute atomic E-state index is 0.338. The summed E-state index contributed by atoms with van der Waals surface area (Å²) in [5, 5.41) is 9.46. The first kappa shape index (κ1) is 9.53. The first-order valence-electron chi connectivity index (χ1n) is 5.14. The normalized spacial score (nSPS) is 20.1. The summed E-state index contributed by atoms with van der Waals surface area (Å²) in [5.74, 6) is 0.949. The quantitative estimate of drug-likeness (QED) is 0.736. The van der Waals surface area contributed by atoms with Crippen molar-refractivity contribution in [2.24, 2.45) is 0 Å². The molecule has 2 nitrogen and oxygen atoms in total. The Morgan fingerprint density at radius 2 is 2.29 bits per heavy atom. The molecule has 0 saturated carbocycles. The van der Waals surface area contributed by atoms with Crippen molar-refractivity contribution in [3.05, 3.63) is 28.8 Å². The van der Waals surface area contributed by atoms with Crippen molar-refractivity contribution >= 4 is 0 Å². The highest BCUT2D eigenvalue weighted by molar-refractivity contribution is 5.43. The zero-order chi connectivity index (χ0) is 10.1. The topological polar surface area (TPSA) is 29.5 Å². The van der Waals surface area contributed by atoms with Gasteiger partial charge in [-0.15, -0.1) is 0 Å². The van der Waals surface area contributed by atoms with Gasteiger partial charge in [-0.25, -0.2) is 0 Å². The third-order valence-corrected chi connectivity index (χ3v) is 2.79. The molecule has 0 amide bonds. The van der Waals surface area contributed by atoms with E-state index in [9.17, 15) is 5.11 Å². The molecule has 0 bridgehead atoms. The van der Waals surface area contributed by atoms with Crippen molar-refractivity contribution in [3.63, 3.8) is 0 Å². The molecule has 0 aliphatic carbocycles. The molecule has 0 fully saturated rings. The Morgan fingerprint density at radius 3 is 3.00 bits per heavy atom. The number of hydrogen-bond donors (Lipinski definition) is 1. The van der Waals surface area contributed by atoms with E-state index in [0.717, 1.165) is 24.2 Å². The van der Waals surface area contributed by atoms with E-state index in [1.165, 1.54) is 11.1 Å². The van der Waals surface area contributed by atoms with E-state index in [2.05, 4.69) is 26.0 Å². The van der Waals surface area contributed by atoms with E-state index in [1.54, 1.807) is 0 Å². The van der Waals surface area contributed by atoms with Crippen molar-refractivity contribution in [1.82, 2.24) is 0 Å². The Kier molecular flexibility index (Phi) is 2.46. The summed E-state index contributed by atoms with van der Waals surface area (Å²) >= 11 is 0. The second kappa shape index (κ2) is 3.62. The predicted octanol–water partition coefficient (Wildman–Crippen LogP) is 1.85. The lowest BCUT2D eigenvalue weighted by Crippen LogP contribution is -2.25. The molecule has 1 heterocycles. The van der Waals surface area contributed by atoms with E-state index >= 15 is 0 Å². The van der Waals surface area contributed by atoms with Gasteiger partial charge in [0.1, 0.15) is 12.4 Å². The minimum Gasteiger partial charge on any atom is -0.491 e. The Bertz CT molecular complexity index is 344. The van der Waals surface area contributed by atoms with E-state index in [4.69, 9.17) is 4.74 Å². The molecule has 1 aliphatic rings. The Morgan fingerprint density at radius 1 is 1.50 bits per heavy atom. The van der Waals surface area contributed by atoms with Gasteiger partial charge < -0.3 is 9.84 Å². The third-order valence-electron chi connectivity index (χ3n) is 2.79. The maximum atomic E-state index is 9.46. The molecule has 14 heavy (non-hydrogen) atoms. The zero-order valence-corrected chi connectivity index (χ0v) is 8.71. The minimum atomic E-state index is -0.338. The van der Waals surface area contributed by atoms with Crippen LogP contribution in [0.15, 0.2) is 12.1 Å². The van der Waals surface area contributed by atoms with Crippen LogP contribution < -0.4 is 4.74 Å². The molecule has 1 unspecified atom stereocenters. The molecule has 2 heteroatoms. The van der Waals surface area contributed by atoms with Gasteiger partial charge in [-0.05, 0) is 36.1 Å². The predicted molar refractivity (Wildman–Crippen MR) is 55.8 cm³/mol. The average Bonchev–Trinajstić information content (AvgIpc) is 2.17. The van der Waals surface area contributed by atoms with Crippen LogP contribution in [-0.4, -0.2) is 17.8 Å². The Balaban J connectivity index is 2.41. The van der Waals surface area contributed by atoms with Gasteiger partial charge in [0.25, 0.3) is 0 Å². The fourth-order valence-electron chi connectivity index (χ4n) is 1.95. The fraction of sp³-hybridized carbons (Fsp3) is 0.500. The number of hydrogen-bond acceptors (Lipinski definition) is 2. The average molecular weight is 192 g/mol. The first-order valence-corrected chi connectivity index (χ1v) is 5.14. The second-order valence-corrected chi connectivity index (χ2v) is 3.91. The van der Waals surface area contributed by atoms with Crippen molar-refractivity contribution in [2.75, 3.05) is 6.61 Å². The molecule has 2 rings (SSSR count). The summed E-state index contributed by atoms with van der Waals surface area (Å²) in [6, 6.07) is 4.24. The molecule has 1 aromatic carbocycles. The van der Waals surface area contributed by atoms with E-state index in [-0.39, 0.29) is 6.10 Å². The smallest absolute Gasteiger partial charge is 0.123 e. The van der Waals surface area contributed by atoms with E-state index in [0.29, 0.717) is 6.61 Å². The summed E-state index contributed by atoms with van der Waals surface area (Å²) in [7, 11) is 0. The highest BCUT2D eigenvalue weighted by atomic mass is 16.5. The summed E-state index contributed by atoms with van der Waals surface area (Å²) in [6.07, 6.45) is 1.42. The fourth-order valence-corrected chi connectivity index (χ4v) is 1.95. The Labute approximate surface area is 84.5 Å².